The van der Waals surface area contributed by atoms with Crippen molar-refractivity contribution in [2.45, 2.75) is 82.8 Å². The van der Waals surface area contributed by atoms with Gasteiger partial charge in [0.15, 0.2) is 0 Å². The van der Waals surface area contributed by atoms with Gasteiger partial charge < -0.3 is 4.74 Å². The Morgan fingerprint density at radius 2 is 1.75 bits per heavy atom. The minimum absolute atomic E-state index is 0.148. The van der Waals surface area contributed by atoms with Crippen LogP contribution in [0.4, 0.5) is 0 Å². The fraction of sp³-hybridized carbons (Fsp3) is 0.929. The highest BCUT2D eigenvalue weighted by Gasteiger charge is 2.36. The molecule has 2 fully saturated rings. The molecule has 2 aliphatic rings. The van der Waals surface area contributed by atoms with Gasteiger partial charge in [-0.15, -0.1) is 0 Å². The van der Waals surface area contributed by atoms with E-state index in [0.717, 1.165) is 6.42 Å². The molecule has 0 aromatic carbocycles. The van der Waals surface area contributed by atoms with E-state index in [4.69, 9.17) is 4.74 Å². The topological polar surface area (TPSA) is 26.3 Å². The van der Waals surface area contributed by atoms with Gasteiger partial charge >= 0.3 is 0 Å². The summed E-state index contributed by atoms with van der Waals surface area (Å²) >= 11 is 0. The van der Waals surface area contributed by atoms with Gasteiger partial charge in [-0.1, -0.05) is 32.1 Å². The summed E-state index contributed by atoms with van der Waals surface area (Å²) in [7, 11) is 0. The Hall–Kier alpha value is -0.370. The summed E-state index contributed by atoms with van der Waals surface area (Å²) in [4.78, 5) is 11.2. The first-order valence-electron chi connectivity index (χ1n) is 6.87. The maximum atomic E-state index is 11.2. The third kappa shape index (κ3) is 3.07. The summed E-state index contributed by atoms with van der Waals surface area (Å²) in [5, 5.41) is 0. The molecule has 1 aliphatic carbocycles. The molecular formula is C14H24O2. The lowest BCUT2D eigenvalue weighted by molar-refractivity contribution is -0.132. The van der Waals surface area contributed by atoms with E-state index in [1.165, 1.54) is 51.4 Å². The summed E-state index contributed by atoms with van der Waals surface area (Å²) in [6, 6.07) is 0. The summed E-state index contributed by atoms with van der Waals surface area (Å²) in [5.74, 6) is 0.276. The van der Waals surface area contributed by atoms with Gasteiger partial charge in [-0.2, -0.15) is 0 Å². The van der Waals surface area contributed by atoms with Crippen LogP contribution in [-0.2, 0) is 9.53 Å². The standard InChI is InChI=1S/C14H24O2/c1-12(15)11-13-7-3-6-10-14(16-13)8-4-2-5-9-14/h13H,2-11H2,1H3. The van der Waals surface area contributed by atoms with Crippen molar-refractivity contribution < 1.29 is 9.53 Å². The first-order chi connectivity index (χ1) is 7.70. The second-order valence-electron chi connectivity index (χ2n) is 5.64. The molecule has 0 bridgehead atoms. The molecule has 2 heteroatoms. The van der Waals surface area contributed by atoms with Crippen molar-refractivity contribution in [3.05, 3.63) is 0 Å². The number of carbonyl (C=O) groups excluding carboxylic acids is 1. The van der Waals surface area contributed by atoms with Crippen LogP contribution in [0.1, 0.15) is 71.1 Å². The number of hydrogen-bond donors (Lipinski definition) is 0. The van der Waals surface area contributed by atoms with Crippen LogP contribution >= 0.6 is 0 Å². The van der Waals surface area contributed by atoms with Gasteiger partial charge in [-0.05, 0) is 32.6 Å². The molecule has 0 radical (unpaired) electrons. The van der Waals surface area contributed by atoms with E-state index in [0.29, 0.717) is 6.42 Å². The van der Waals surface area contributed by atoms with Gasteiger partial charge in [0.2, 0.25) is 0 Å². The van der Waals surface area contributed by atoms with E-state index in [1.807, 2.05) is 0 Å². The predicted octanol–water partition coefficient (Wildman–Crippen LogP) is 3.63. The zero-order valence-electron chi connectivity index (χ0n) is 10.5. The van der Waals surface area contributed by atoms with Crippen molar-refractivity contribution in [2.24, 2.45) is 0 Å². The van der Waals surface area contributed by atoms with Crippen LogP contribution < -0.4 is 0 Å². The molecular weight excluding hydrogens is 200 g/mol. The summed E-state index contributed by atoms with van der Waals surface area (Å²) in [6.45, 7) is 1.68. The van der Waals surface area contributed by atoms with Gasteiger partial charge in [0, 0.05) is 6.42 Å². The molecule has 16 heavy (non-hydrogen) atoms. The maximum absolute atomic E-state index is 11.2. The second kappa shape index (κ2) is 5.31. The molecule has 1 atom stereocenters. The largest absolute Gasteiger partial charge is 0.371 e. The number of carbonyl (C=O) groups is 1. The zero-order valence-corrected chi connectivity index (χ0v) is 10.5. The third-order valence-electron chi connectivity index (χ3n) is 4.11. The van der Waals surface area contributed by atoms with Crippen molar-refractivity contribution in [2.75, 3.05) is 0 Å². The Morgan fingerprint density at radius 3 is 2.38 bits per heavy atom. The summed E-state index contributed by atoms with van der Waals surface area (Å²) in [6.07, 6.45) is 12.1. The molecule has 2 nitrogen and oxygen atoms in total. The van der Waals surface area contributed by atoms with Crippen LogP contribution in [0.25, 0.3) is 0 Å². The van der Waals surface area contributed by atoms with Crippen LogP contribution in [0.15, 0.2) is 0 Å². The van der Waals surface area contributed by atoms with Gasteiger partial charge in [0.1, 0.15) is 5.78 Å². The third-order valence-corrected chi connectivity index (χ3v) is 4.11. The van der Waals surface area contributed by atoms with E-state index in [2.05, 4.69) is 0 Å². The molecule has 1 saturated carbocycles. The SMILES string of the molecule is CC(=O)CC1CCCCC2(CCCCC2)O1. The van der Waals surface area contributed by atoms with Crippen molar-refractivity contribution in [3.8, 4) is 0 Å². The monoisotopic (exact) mass is 224 g/mol. The maximum Gasteiger partial charge on any atom is 0.132 e. The molecule has 1 aliphatic heterocycles. The lowest BCUT2D eigenvalue weighted by atomic mass is 9.81. The first kappa shape index (κ1) is 12.1. The molecule has 2 rings (SSSR count). The van der Waals surface area contributed by atoms with Crippen LogP contribution in [0, 0.1) is 0 Å². The van der Waals surface area contributed by atoms with Gasteiger partial charge in [-0.25, -0.2) is 0 Å². The van der Waals surface area contributed by atoms with E-state index >= 15 is 0 Å². The Kier molecular flexibility index (Phi) is 4.01. The predicted molar refractivity (Wildman–Crippen MR) is 64.5 cm³/mol. The van der Waals surface area contributed by atoms with Crippen LogP contribution in [0.5, 0.6) is 0 Å². The highest BCUT2D eigenvalue weighted by molar-refractivity contribution is 5.75. The van der Waals surface area contributed by atoms with Crippen molar-refractivity contribution >= 4 is 5.78 Å². The Bertz CT molecular complexity index is 241. The van der Waals surface area contributed by atoms with E-state index in [9.17, 15) is 4.79 Å². The summed E-state index contributed by atoms with van der Waals surface area (Å²) < 4.78 is 6.33. The molecule has 0 aromatic rings. The number of rotatable bonds is 2. The average Bonchev–Trinajstić information content (AvgIpc) is 2.41. The zero-order chi connectivity index (χ0) is 11.4. The van der Waals surface area contributed by atoms with E-state index in [-0.39, 0.29) is 17.5 Å². The van der Waals surface area contributed by atoms with Crippen molar-refractivity contribution in [3.63, 3.8) is 0 Å². The second-order valence-corrected chi connectivity index (χ2v) is 5.64. The Labute approximate surface area is 98.7 Å². The van der Waals surface area contributed by atoms with Crippen LogP contribution in [-0.4, -0.2) is 17.5 Å². The van der Waals surface area contributed by atoms with Gasteiger partial charge in [-0.3, -0.25) is 4.79 Å². The first-order valence-corrected chi connectivity index (χ1v) is 6.87. The fourth-order valence-electron chi connectivity index (χ4n) is 3.32. The van der Waals surface area contributed by atoms with Gasteiger partial charge in [0.05, 0.1) is 11.7 Å². The van der Waals surface area contributed by atoms with Crippen LogP contribution in [0.3, 0.4) is 0 Å². The van der Waals surface area contributed by atoms with Crippen molar-refractivity contribution in [1.29, 1.82) is 0 Å². The quantitative estimate of drug-likeness (QED) is 0.716. The molecule has 1 heterocycles. The highest BCUT2D eigenvalue weighted by atomic mass is 16.5. The molecule has 0 amide bonds. The number of Topliss-reactive ketones (excluding diaryl/α,β-unsaturated/α-hetero) is 1. The van der Waals surface area contributed by atoms with Crippen molar-refractivity contribution in [1.82, 2.24) is 0 Å². The highest BCUT2D eigenvalue weighted by Crippen LogP contribution is 2.40. The van der Waals surface area contributed by atoms with E-state index < -0.39 is 0 Å². The molecule has 1 saturated heterocycles. The molecule has 92 valence electrons. The molecule has 1 unspecified atom stereocenters. The normalized spacial score (nSPS) is 29.9. The number of ketones is 1. The van der Waals surface area contributed by atoms with Crippen LogP contribution in [0.2, 0.25) is 0 Å². The average molecular weight is 224 g/mol. The molecule has 1 spiro atoms. The lowest BCUT2D eigenvalue weighted by Gasteiger charge is -2.38. The number of hydrogen-bond acceptors (Lipinski definition) is 2. The lowest BCUT2D eigenvalue weighted by Crippen LogP contribution is -2.37. The molecule has 0 N–H and O–H groups in total. The number of ether oxygens (including phenoxy) is 1. The fourth-order valence-corrected chi connectivity index (χ4v) is 3.32. The van der Waals surface area contributed by atoms with Gasteiger partial charge in [0.25, 0.3) is 0 Å². The van der Waals surface area contributed by atoms with E-state index in [1.54, 1.807) is 6.92 Å². The Balaban J connectivity index is 1.98. The minimum atomic E-state index is 0.148. The smallest absolute Gasteiger partial charge is 0.132 e. The summed E-state index contributed by atoms with van der Waals surface area (Å²) in [5.41, 5.74) is 0.148. The molecule has 0 aromatic heterocycles. The Morgan fingerprint density at radius 1 is 1.12 bits per heavy atom. The minimum Gasteiger partial charge on any atom is -0.371 e.